The molecular formula is C16H22N2O3. The summed E-state index contributed by atoms with van der Waals surface area (Å²) in [7, 11) is 0. The average Bonchev–Trinajstić information content (AvgIpc) is 2.53. The van der Waals surface area contributed by atoms with E-state index in [1.54, 1.807) is 24.3 Å². The molecular weight excluding hydrogens is 268 g/mol. The first-order valence-electron chi connectivity index (χ1n) is 7.43. The summed E-state index contributed by atoms with van der Waals surface area (Å²) in [6.45, 7) is 0. The van der Waals surface area contributed by atoms with Gasteiger partial charge < -0.3 is 16.2 Å². The fourth-order valence-corrected chi connectivity index (χ4v) is 2.90. The Hall–Kier alpha value is -1.88. The van der Waals surface area contributed by atoms with E-state index >= 15 is 0 Å². The highest BCUT2D eigenvalue weighted by Gasteiger charge is 2.32. The molecule has 0 aromatic heterocycles. The van der Waals surface area contributed by atoms with Crippen LogP contribution in [0.4, 0.5) is 0 Å². The zero-order chi connectivity index (χ0) is 15.2. The quantitative estimate of drug-likeness (QED) is 0.771. The van der Waals surface area contributed by atoms with Crippen molar-refractivity contribution in [2.75, 3.05) is 0 Å². The summed E-state index contributed by atoms with van der Waals surface area (Å²) < 4.78 is 0. The summed E-state index contributed by atoms with van der Waals surface area (Å²) in [5.74, 6) is -1.40. The Balaban J connectivity index is 2.02. The minimum Gasteiger partial charge on any atom is -0.480 e. The van der Waals surface area contributed by atoms with Crippen LogP contribution in [0, 0.1) is 5.92 Å². The highest BCUT2D eigenvalue weighted by Crippen LogP contribution is 2.27. The lowest BCUT2D eigenvalue weighted by atomic mass is 9.83. The van der Waals surface area contributed by atoms with Crippen LogP contribution in [0.1, 0.15) is 43.7 Å². The Morgan fingerprint density at radius 3 is 2.33 bits per heavy atom. The Labute approximate surface area is 124 Å². The van der Waals surface area contributed by atoms with Crippen LogP contribution in [0.25, 0.3) is 0 Å². The fourth-order valence-electron chi connectivity index (χ4n) is 2.90. The summed E-state index contributed by atoms with van der Waals surface area (Å²) in [6, 6.07) is 7.30. The Bertz CT molecular complexity index is 484. The monoisotopic (exact) mass is 290 g/mol. The normalized spacial score (nSPS) is 18.7. The fraction of sp³-hybridized carbons (Fsp3) is 0.500. The SMILES string of the molecule is N[C@@H](C(=O)NC(C(=O)O)C1CCCCC1)c1ccccc1. The first kappa shape index (κ1) is 15.5. The lowest BCUT2D eigenvalue weighted by Gasteiger charge is -2.28. The largest absolute Gasteiger partial charge is 0.480 e. The first-order valence-corrected chi connectivity index (χ1v) is 7.43. The number of benzene rings is 1. The molecule has 1 aromatic carbocycles. The van der Waals surface area contributed by atoms with Crippen LogP contribution in [0.5, 0.6) is 0 Å². The van der Waals surface area contributed by atoms with Crippen molar-refractivity contribution in [3.8, 4) is 0 Å². The van der Waals surface area contributed by atoms with Gasteiger partial charge in [0, 0.05) is 0 Å². The van der Waals surface area contributed by atoms with E-state index in [2.05, 4.69) is 5.32 Å². The number of carbonyl (C=O) groups excluding carboxylic acids is 1. The first-order chi connectivity index (χ1) is 10.1. The molecule has 0 radical (unpaired) electrons. The number of hydrogen-bond acceptors (Lipinski definition) is 3. The number of carbonyl (C=O) groups is 2. The molecule has 114 valence electrons. The van der Waals surface area contributed by atoms with Crippen molar-refractivity contribution in [2.45, 2.75) is 44.2 Å². The third kappa shape index (κ3) is 4.04. The van der Waals surface area contributed by atoms with Gasteiger partial charge in [0.1, 0.15) is 12.1 Å². The van der Waals surface area contributed by atoms with Gasteiger partial charge in [0.05, 0.1) is 0 Å². The Morgan fingerprint density at radius 2 is 1.76 bits per heavy atom. The van der Waals surface area contributed by atoms with Gasteiger partial charge >= 0.3 is 5.97 Å². The molecule has 21 heavy (non-hydrogen) atoms. The molecule has 4 N–H and O–H groups in total. The maximum Gasteiger partial charge on any atom is 0.326 e. The molecule has 0 spiro atoms. The second kappa shape index (κ2) is 7.22. The summed E-state index contributed by atoms with van der Waals surface area (Å²) >= 11 is 0. The number of carboxylic acids is 1. The van der Waals surface area contributed by atoms with Crippen molar-refractivity contribution in [3.05, 3.63) is 35.9 Å². The zero-order valence-electron chi connectivity index (χ0n) is 12.0. The molecule has 1 unspecified atom stereocenters. The lowest BCUT2D eigenvalue weighted by Crippen LogP contribution is -2.49. The van der Waals surface area contributed by atoms with Crippen molar-refractivity contribution in [3.63, 3.8) is 0 Å². The number of nitrogens with two attached hydrogens (primary N) is 1. The van der Waals surface area contributed by atoms with Gasteiger partial charge in [-0.3, -0.25) is 4.79 Å². The van der Waals surface area contributed by atoms with Gasteiger partial charge in [-0.15, -0.1) is 0 Å². The number of aliphatic carboxylic acids is 1. The number of carboxylic acid groups (broad SMARTS) is 1. The van der Waals surface area contributed by atoms with Gasteiger partial charge in [0.2, 0.25) is 5.91 Å². The summed E-state index contributed by atoms with van der Waals surface area (Å²) in [4.78, 5) is 23.6. The number of nitrogens with one attached hydrogen (secondary N) is 1. The van der Waals surface area contributed by atoms with Crippen LogP contribution in [-0.2, 0) is 9.59 Å². The van der Waals surface area contributed by atoms with E-state index in [4.69, 9.17) is 5.73 Å². The van der Waals surface area contributed by atoms with Crippen LogP contribution in [0.15, 0.2) is 30.3 Å². The zero-order valence-corrected chi connectivity index (χ0v) is 12.0. The predicted molar refractivity (Wildman–Crippen MR) is 79.5 cm³/mol. The van der Waals surface area contributed by atoms with Gasteiger partial charge in [-0.2, -0.15) is 0 Å². The van der Waals surface area contributed by atoms with Crippen molar-refractivity contribution in [2.24, 2.45) is 11.7 Å². The van der Waals surface area contributed by atoms with Crippen molar-refractivity contribution < 1.29 is 14.7 Å². The topological polar surface area (TPSA) is 92.4 Å². The molecule has 1 fully saturated rings. The second-order valence-corrected chi connectivity index (χ2v) is 5.61. The molecule has 0 aliphatic heterocycles. The highest BCUT2D eigenvalue weighted by atomic mass is 16.4. The van der Waals surface area contributed by atoms with Crippen LogP contribution in [0.3, 0.4) is 0 Å². The van der Waals surface area contributed by atoms with E-state index in [0.29, 0.717) is 5.56 Å². The number of amides is 1. The summed E-state index contributed by atoms with van der Waals surface area (Å²) in [6.07, 6.45) is 4.88. The van der Waals surface area contributed by atoms with E-state index < -0.39 is 24.0 Å². The van der Waals surface area contributed by atoms with Crippen LogP contribution >= 0.6 is 0 Å². The maximum atomic E-state index is 12.2. The molecule has 1 aliphatic carbocycles. The Kier molecular flexibility index (Phi) is 5.33. The third-order valence-electron chi connectivity index (χ3n) is 4.13. The minimum absolute atomic E-state index is 0.00294. The molecule has 5 heteroatoms. The van der Waals surface area contributed by atoms with Crippen molar-refractivity contribution >= 4 is 11.9 Å². The third-order valence-corrected chi connectivity index (χ3v) is 4.13. The van der Waals surface area contributed by atoms with Crippen molar-refractivity contribution in [1.29, 1.82) is 0 Å². The smallest absolute Gasteiger partial charge is 0.326 e. The van der Waals surface area contributed by atoms with E-state index in [0.717, 1.165) is 32.1 Å². The molecule has 2 atom stereocenters. The second-order valence-electron chi connectivity index (χ2n) is 5.61. The van der Waals surface area contributed by atoms with Crippen LogP contribution < -0.4 is 11.1 Å². The summed E-state index contributed by atoms with van der Waals surface area (Å²) in [5, 5.41) is 12.0. The maximum absolute atomic E-state index is 12.2. The minimum atomic E-state index is -0.976. The van der Waals surface area contributed by atoms with Gasteiger partial charge in [-0.25, -0.2) is 4.79 Å². The number of hydrogen-bond donors (Lipinski definition) is 3. The van der Waals surface area contributed by atoms with Gasteiger partial charge in [0.25, 0.3) is 0 Å². The molecule has 1 saturated carbocycles. The van der Waals surface area contributed by atoms with E-state index in [1.807, 2.05) is 6.07 Å². The van der Waals surface area contributed by atoms with E-state index in [9.17, 15) is 14.7 Å². The van der Waals surface area contributed by atoms with Crippen LogP contribution in [-0.4, -0.2) is 23.0 Å². The molecule has 1 aromatic rings. The van der Waals surface area contributed by atoms with Gasteiger partial charge in [0.15, 0.2) is 0 Å². The molecule has 1 aliphatic rings. The van der Waals surface area contributed by atoms with E-state index in [-0.39, 0.29) is 5.92 Å². The average molecular weight is 290 g/mol. The van der Waals surface area contributed by atoms with Crippen LogP contribution in [0.2, 0.25) is 0 Å². The molecule has 1 amide bonds. The molecule has 2 rings (SSSR count). The summed E-state index contributed by atoms with van der Waals surface area (Å²) in [5.41, 5.74) is 6.59. The molecule has 0 heterocycles. The lowest BCUT2D eigenvalue weighted by molar-refractivity contribution is -0.144. The number of rotatable bonds is 5. The van der Waals surface area contributed by atoms with Gasteiger partial charge in [-0.05, 0) is 24.3 Å². The predicted octanol–water partition coefficient (Wildman–Crippen LogP) is 1.84. The standard InChI is InChI=1S/C16H22N2O3/c17-13(11-7-3-1-4-8-11)15(19)18-14(16(20)21)12-9-5-2-6-10-12/h1,3-4,7-8,12-14H,2,5-6,9-10,17H2,(H,18,19)(H,20,21)/t13-,14?/m1/s1. The highest BCUT2D eigenvalue weighted by molar-refractivity contribution is 5.87. The van der Waals surface area contributed by atoms with Crippen molar-refractivity contribution in [1.82, 2.24) is 5.32 Å². The van der Waals surface area contributed by atoms with Gasteiger partial charge in [-0.1, -0.05) is 49.6 Å². The molecule has 0 bridgehead atoms. The van der Waals surface area contributed by atoms with E-state index in [1.165, 1.54) is 0 Å². The Morgan fingerprint density at radius 1 is 1.14 bits per heavy atom. The molecule has 5 nitrogen and oxygen atoms in total. The molecule has 0 saturated heterocycles.